The zero-order valence-corrected chi connectivity index (χ0v) is 11.0. The monoisotopic (exact) mass is 252 g/mol. The molecule has 0 spiro atoms. The van der Waals surface area contributed by atoms with Crippen molar-refractivity contribution in [2.45, 2.75) is 20.3 Å². The van der Waals surface area contributed by atoms with Crippen molar-refractivity contribution in [3.8, 4) is 0 Å². The van der Waals surface area contributed by atoms with Gasteiger partial charge >= 0.3 is 0 Å². The third-order valence-electron chi connectivity index (χ3n) is 2.61. The molecule has 1 amide bonds. The average molecular weight is 252 g/mol. The van der Waals surface area contributed by atoms with Gasteiger partial charge in [-0.2, -0.15) is 0 Å². The third kappa shape index (κ3) is 4.11. The van der Waals surface area contributed by atoms with Crippen LogP contribution in [0, 0.1) is 11.7 Å². The maximum atomic E-state index is 13.6. The highest BCUT2D eigenvalue weighted by atomic mass is 19.1. The minimum Gasteiger partial charge on any atom is -0.338 e. The average Bonchev–Trinajstić information content (AvgIpc) is 2.34. The molecular weight excluding hydrogens is 231 g/mol. The van der Waals surface area contributed by atoms with Crippen LogP contribution in [0.3, 0.4) is 0 Å². The molecule has 1 rings (SSSR count). The number of hydrogen-bond acceptors (Lipinski definition) is 2. The quantitative estimate of drug-likeness (QED) is 0.844. The van der Waals surface area contributed by atoms with E-state index in [1.165, 1.54) is 12.1 Å². The van der Waals surface area contributed by atoms with E-state index in [0.717, 1.165) is 6.42 Å². The number of amides is 1. The lowest BCUT2D eigenvalue weighted by Crippen LogP contribution is -2.36. The van der Waals surface area contributed by atoms with E-state index in [2.05, 4.69) is 0 Å². The van der Waals surface area contributed by atoms with Gasteiger partial charge in [-0.1, -0.05) is 26.0 Å². The number of hydrogen-bond donors (Lipinski definition) is 1. The van der Waals surface area contributed by atoms with Crippen LogP contribution in [0.1, 0.15) is 30.6 Å². The molecule has 0 bridgehead atoms. The number of nitrogens with two attached hydrogens (primary N) is 1. The molecule has 0 aromatic heterocycles. The normalized spacial score (nSPS) is 10.7. The van der Waals surface area contributed by atoms with E-state index in [0.29, 0.717) is 25.6 Å². The third-order valence-corrected chi connectivity index (χ3v) is 2.61. The van der Waals surface area contributed by atoms with E-state index in [9.17, 15) is 9.18 Å². The molecule has 0 aliphatic rings. The fourth-order valence-corrected chi connectivity index (χ4v) is 1.80. The Kier molecular flexibility index (Phi) is 5.78. The molecule has 0 saturated carbocycles. The summed E-state index contributed by atoms with van der Waals surface area (Å²) in [5, 5.41) is 0. The maximum absolute atomic E-state index is 13.6. The van der Waals surface area contributed by atoms with Crippen LogP contribution < -0.4 is 5.73 Å². The minimum atomic E-state index is -0.469. The molecule has 0 saturated heterocycles. The molecule has 0 radical (unpaired) electrons. The largest absolute Gasteiger partial charge is 0.338 e. The van der Waals surface area contributed by atoms with Crippen LogP contribution in [0.4, 0.5) is 4.39 Å². The molecule has 18 heavy (non-hydrogen) atoms. The van der Waals surface area contributed by atoms with Crippen molar-refractivity contribution in [3.63, 3.8) is 0 Å². The highest BCUT2D eigenvalue weighted by Gasteiger charge is 2.19. The van der Waals surface area contributed by atoms with Crippen molar-refractivity contribution >= 4 is 5.91 Å². The van der Waals surface area contributed by atoms with E-state index in [1.807, 2.05) is 13.8 Å². The van der Waals surface area contributed by atoms with Crippen molar-refractivity contribution in [1.29, 1.82) is 0 Å². The number of benzene rings is 1. The highest BCUT2D eigenvalue weighted by Crippen LogP contribution is 2.12. The Labute approximate surface area is 108 Å². The van der Waals surface area contributed by atoms with E-state index < -0.39 is 5.82 Å². The van der Waals surface area contributed by atoms with Crippen LogP contribution in [0.2, 0.25) is 0 Å². The lowest BCUT2D eigenvalue weighted by molar-refractivity contribution is 0.0730. The molecule has 2 N–H and O–H groups in total. The topological polar surface area (TPSA) is 46.3 Å². The number of carbonyl (C=O) groups excluding carboxylic acids is 1. The fourth-order valence-electron chi connectivity index (χ4n) is 1.80. The lowest BCUT2D eigenvalue weighted by Gasteiger charge is -2.24. The molecule has 4 heteroatoms. The second-order valence-electron chi connectivity index (χ2n) is 4.77. The van der Waals surface area contributed by atoms with Crippen LogP contribution in [0.25, 0.3) is 0 Å². The Morgan fingerprint density at radius 3 is 2.61 bits per heavy atom. The van der Waals surface area contributed by atoms with Gasteiger partial charge in [-0.25, -0.2) is 4.39 Å². The first-order valence-electron chi connectivity index (χ1n) is 6.30. The van der Waals surface area contributed by atoms with E-state index >= 15 is 0 Å². The van der Waals surface area contributed by atoms with Crippen molar-refractivity contribution < 1.29 is 9.18 Å². The molecule has 1 aromatic carbocycles. The number of halogens is 1. The van der Waals surface area contributed by atoms with Gasteiger partial charge < -0.3 is 10.6 Å². The van der Waals surface area contributed by atoms with Crippen LogP contribution in [-0.2, 0) is 0 Å². The molecule has 0 aliphatic heterocycles. The van der Waals surface area contributed by atoms with Gasteiger partial charge in [-0.15, -0.1) is 0 Å². The minimum absolute atomic E-state index is 0.134. The second-order valence-corrected chi connectivity index (χ2v) is 4.77. The SMILES string of the molecule is CC(C)CN(CCCN)C(=O)c1ccccc1F. The van der Waals surface area contributed by atoms with Crippen LogP contribution in [0.5, 0.6) is 0 Å². The molecule has 0 fully saturated rings. The lowest BCUT2D eigenvalue weighted by atomic mass is 10.1. The van der Waals surface area contributed by atoms with Crippen LogP contribution in [-0.4, -0.2) is 30.4 Å². The van der Waals surface area contributed by atoms with Gasteiger partial charge in [-0.05, 0) is 31.0 Å². The highest BCUT2D eigenvalue weighted by molar-refractivity contribution is 5.94. The predicted octanol–water partition coefficient (Wildman–Crippen LogP) is 2.27. The Balaban J connectivity index is 2.84. The number of rotatable bonds is 6. The maximum Gasteiger partial charge on any atom is 0.256 e. The molecular formula is C14H21FN2O. The molecule has 0 aliphatic carbocycles. The number of carbonyl (C=O) groups is 1. The van der Waals surface area contributed by atoms with Crippen LogP contribution >= 0.6 is 0 Å². The van der Waals surface area contributed by atoms with Crippen molar-refractivity contribution in [1.82, 2.24) is 4.90 Å². The Hall–Kier alpha value is -1.42. The van der Waals surface area contributed by atoms with E-state index in [4.69, 9.17) is 5.73 Å². The standard InChI is InChI=1S/C14H21FN2O/c1-11(2)10-17(9-5-8-16)14(18)12-6-3-4-7-13(12)15/h3-4,6-7,11H,5,8-10,16H2,1-2H3. The first kappa shape index (κ1) is 14.6. The second kappa shape index (κ2) is 7.11. The summed E-state index contributed by atoms with van der Waals surface area (Å²) in [6.07, 6.45) is 0.729. The first-order valence-corrected chi connectivity index (χ1v) is 6.30. The zero-order chi connectivity index (χ0) is 13.5. The molecule has 0 atom stereocenters. The predicted molar refractivity (Wildman–Crippen MR) is 70.8 cm³/mol. The Bertz CT molecular complexity index is 393. The summed E-state index contributed by atoms with van der Waals surface area (Å²) in [5.41, 5.74) is 5.60. The smallest absolute Gasteiger partial charge is 0.256 e. The molecule has 3 nitrogen and oxygen atoms in total. The van der Waals surface area contributed by atoms with Gasteiger partial charge in [0, 0.05) is 13.1 Å². The number of nitrogens with zero attached hydrogens (tertiary/aromatic N) is 1. The molecule has 0 heterocycles. The molecule has 100 valence electrons. The van der Waals surface area contributed by atoms with Crippen molar-refractivity contribution in [2.24, 2.45) is 11.7 Å². The summed E-state index contributed by atoms with van der Waals surface area (Å²) in [4.78, 5) is 13.9. The van der Waals surface area contributed by atoms with Gasteiger partial charge in [-0.3, -0.25) is 4.79 Å². The molecule has 0 unspecified atom stereocenters. The summed E-state index contributed by atoms with van der Waals surface area (Å²) < 4.78 is 13.6. The summed E-state index contributed by atoms with van der Waals surface area (Å²) >= 11 is 0. The van der Waals surface area contributed by atoms with Gasteiger partial charge in [0.2, 0.25) is 0 Å². The van der Waals surface area contributed by atoms with E-state index in [1.54, 1.807) is 17.0 Å². The van der Waals surface area contributed by atoms with Crippen molar-refractivity contribution in [3.05, 3.63) is 35.6 Å². The summed E-state index contributed by atoms with van der Waals surface area (Å²) in [5.74, 6) is -0.377. The Morgan fingerprint density at radius 2 is 2.06 bits per heavy atom. The zero-order valence-electron chi connectivity index (χ0n) is 11.0. The van der Waals surface area contributed by atoms with E-state index in [-0.39, 0.29) is 11.5 Å². The molecule has 1 aromatic rings. The summed E-state index contributed by atoms with van der Waals surface area (Å²) in [6.45, 7) is 5.78. The summed E-state index contributed by atoms with van der Waals surface area (Å²) in [6, 6.07) is 6.09. The van der Waals surface area contributed by atoms with Gasteiger partial charge in [0.1, 0.15) is 5.82 Å². The van der Waals surface area contributed by atoms with Gasteiger partial charge in [0.25, 0.3) is 5.91 Å². The van der Waals surface area contributed by atoms with Crippen molar-refractivity contribution in [2.75, 3.05) is 19.6 Å². The fraction of sp³-hybridized carbons (Fsp3) is 0.500. The summed E-state index contributed by atoms with van der Waals surface area (Å²) in [7, 11) is 0. The Morgan fingerprint density at radius 1 is 1.39 bits per heavy atom. The first-order chi connectivity index (χ1) is 8.56. The van der Waals surface area contributed by atoms with Crippen LogP contribution in [0.15, 0.2) is 24.3 Å². The van der Waals surface area contributed by atoms with Gasteiger partial charge in [0.15, 0.2) is 0 Å². The van der Waals surface area contributed by atoms with Gasteiger partial charge in [0.05, 0.1) is 5.56 Å².